The van der Waals surface area contributed by atoms with Crippen molar-refractivity contribution in [3.63, 3.8) is 0 Å². The zero-order chi connectivity index (χ0) is 13.1. The minimum atomic E-state index is -0.572. The number of hydrogen-bond donors (Lipinski definition) is 0. The molecule has 0 bridgehead atoms. The predicted molar refractivity (Wildman–Crippen MR) is 70.1 cm³/mol. The Morgan fingerprint density at radius 3 is 2.56 bits per heavy atom. The Kier molecular flexibility index (Phi) is 3.63. The SMILES string of the molecule is Cc1ccccc1Oc1ccc(C#N)c(Br)c1F. The molecule has 0 saturated carbocycles. The Balaban J connectivity index is 2.40. The monoisotopic (exact) mass is 305 g/mol. The Labute approximate surface area is 113 Å². The fraction of sp³-hybridized carbons (Fsp3) is 0.0714. The molecule has 0 saturated heterocycles. The smallest absolute Gasteiger partial charge is 0.181 e. The average Bonchev–Trinajstić information content (AvgIpc) is 2.38. The van der Waals surface area contributed by atoms with Crippen molar-refractivity contribution in [1.29, 1.82) is 5.26 Å². The van der Waals surface area contributed by atoms with Crippen LogP contribution in [0.5, 0.6) is 11.5 Å². The molecule has 4 heteroatoms. The van der Waals surface area contributed by atoms with Crippen molar-refractivity contribution in [2.45, 2.75) is 6.92 Å². The highest BCUT2D eigenvalue weighted by Gasteiger charge is 2.13. The van der Waals surface area contributed by atoms with E-state index in [-0.39, 0.29) is 15.8 Å². The Bertz CT molecular complexity index is 634. The van der Waals surface area contributed by atoms with Crippen LogP contribution >= 0.6 is 15.9 Å². The summed E-state index contributed by atoms with van der Waals surface area (Å²) in [5, 5.41) is 8.78. The van der Waals surface area contributed by atoms with Gasteiger partial charge in [-0.1, -0.05) is 18.2 Å². The molecule has 18 heavy (non-hydrogen) atoms. The third-order valence-electron chi connectivity index (χ3n) is 2.48. The van der Waals surface area contributed by atoms with Crippen LogP contribution in [0.2, 0.25) is 0 Å². The van der Waals surface area contributed by atoms with Crippen LogP contribution in [0, 0.1) is 24.1 Å². The molecule has 0 atom stereocenters. The van der Waals surface area contributed by atoms with Gasteiger partial charge >= 0.3 is 0 Å². The number of halogens is 2. The van der Waals surface area contributed by atoms with Gasteiger partial charge in [0.1, 0.15) is 11.8 Å². The van der Waals surface area contributed by atoms with E-state index in [4.69, 9.17) is 10.00 Å². The number of para-hydroxylation sites is 1. The molecule has 90 valence electrons. The molecule has 0 spiro atoms. The lowest BCUT2D eigenvalue weighted by Gasteiger charge is -2.10. The summed E-state index contributed by atoms with van der Waals surface area (Å²) in [5.41, 5.74) is 1.15. The quantitative estimate of drug-likeness (QED) is 0.815. The first kappa shape index (κ1) is 12.6. The van der Waals surface area contributed by atoms with Crippen molar-refractivity contribution in [1.82, 2.24) is 0 Å². The molecule has 0 aromatic heterocycles. The van der Waals surface area contributed by atoms with Crippen LogP contribution < -0.4 is 4.74 Å². The molecule has 0 N–H and O–H groups in total. The van der Waals surface area contributed by atoms with Gasteiger partial charge in [-0.2, -0.15) is 5.26 Å². The molecule has 0 radical (unpaired) electrons. The lowest BCUT2D eigenvalue weighted by molar-refractivity contribution is 0.437. The third kappa shape index (κ3) is 2.36. The summed E-state index contributed by atoms with van der Waals surface area (Å²) in [7, 11) is 0. The molecule has 0 aliphatic heterocycles. The van der Waals surface area contributed by atoms with E-state index < -0.39 is 5.82 Å². The van der Waals surface area contributed by atoms with Gasteiger partial charge in [0.15, 0.2) is 11.6 Å². The van der Waals surface area contributed by atoms with Gasteiger partial charge in [-0.05, 0) is 46.6 Å². The van der Waals surface area contributed by atoms with Crippen LogP contribution in [0.1, 0.15) is 11.1 Å². The van der Waals surface area contributed by atoms with Crippen LogP contribution in [0.25, 0.3) is 0 Å². The van der Waals surface area contributed by atoms with Crippen molar-refractivity contribution in [2.75, 3.05) is 0 Å². The minimum Gasteiger partial charge on any atom is -0.454 e. The summed E-state index contributed by atoms with van der Waals surface area (Å²) in [5.74, 6) is 0.112. The minimum absolute atomic E-state index is 0.0928. The summed E-state index contributed by atoms with van der Waals surface area (Å²) in [6, 6.07) is 12.2. The molecular formula is C14H9BrFNO. The van der Waals surface area contributed by atoms with Crippen molar-refractivity contribution in [3.8, 4) is 17.6 Å². The number of ether oxygens (including phenoxy) is 1. The maximum Gasteiger partial charge on any atom is 0.181 e. The normalized spacial score (nSPS) is 9.89. The van der Waals surface area contributed by atoms with Crippen LogP contribution in [-0.2, 0) is 0 Å². The van der Waals surface area contributed by atoms with Gasteiger partial charge in [-0.3, -0.25) is 0 Å². The van der Waals surface area contributed by atoms with Crippen LogP contribution in [0.4, 0.5) is 4.39 Å². The number of hydrogen-bond acceptors (Lipinski definition) is 2. The molecule has 2 rings (SSSR count). The van der Waals surface area contributed by atoms with Gasteiger partial charge in [0.05, 0.1) is 10.0 Å². The molecule has 0 aliphatic carbocycles. The van der Waals surface area contributed by atoms with Gasteiger partial charge in [0.2, 0.25) is 0 Å². The number of rotatable bonds is 2. The van der Waals surface area contributed by atoms with Crippen molar-refractivity contribution in [3.05, 3.63) is 57.8 Å². The lowest BCUT2D eigenvalue weighted by Crippen LogP contribution is -1.93. The summed E-state index contributed by atoms with van der Waals surface area (Å²) in [6.07, 6.45) is 0. The van der Waals surface area contributed by atoms with Gasteiger partial charge in [-0.25, -0.2) is 4.39 Å². The fourth-order valence-electron chi connectivity index (χ4n) is 1.49. The Morgan fingerprint density at radius 1 is 1.17 bits per heavy atom. The van der Waals surface area contributed by atoms with E-state index in [2.05, 4.69) is 15.9 Å². The molecule has 2 aromatic carbocycles. The highest BCUT2D eigenvalue weighted by Crippen LogP contribution is 2.32. The number of nitrogens with zero attached hydrogens (tertiary/aromatic N) is 1. The van der Waals surface area contributed by atoms with E-state index >= 15 is 0 Å². The maximum atomic E-state index is 13.9. The topological polar surface area (TPSA) is 33.0 Å². The number of aryl methyl sites for hydroxylation is 1. The van der Waals surface area contributed by atoms with E-state index in [0.29, 0.717) is 5.75 Å². The summed E-state index contributed by atoms with van der Waals surface area (Å²) in [6.45, 7) is 1.88. The fourth-order valence-corrected chi connectivity index (χ4v) is 1.90. The number of nitriles is 1. The second-order valence-electron chi connectivity index (χ2n) is 3.72. The predicted octanol–water partition coefficient (Wildman–Crippen LogP) is 4.56. The largest absolute Gasteiger partial charge is 0.454 e. The molecule has 0 fully saturated rings. The second-order valence-corrected chi connectivity index (χ2v) is 4.51. The van der Waals surface area contributed by atoms with Gasteiger partial charge in [0.25, 0.3) is 0 Å². The highest BCUT2D eigenvalue weighted by molar-refractivity contribution is 9.10. The van der Waals surface area contributed by atoms with Gasteiger partial charge in [0, 0.05) is 0 Å². The third-order valence-corrected chi connectivity index (χ3v) is 3.26. The standard InChI is InChI=1S/C14H9BrFNO/c1-9-4-2-3-5-11(9)18-12-7-6-10(8-17)13(15)14(12)16/h2-7H,1H3. The van der Waals surface area contributed by atoms with Crippen molar-refractivity contribution >= 4 is 15.9 Å². The van der Waals surface area contributed by atoms with E-state index in [1.807, 2.05) is 31.2 Å². The summed E-state index contributed by atoms with van der Waals surface area (Å²) in [4.78, 5) is 0. The zero-order valence-corrected chi connectivity index (χ0v) is 11.2. The zero-order valence-electron chi connectivity index (χ0n) is 9.58. The van der Waals surface area contributed by atoms with E-state index in [9.17, 15) is 4.39 Å². The van der Waals surface area contributed by atoms with E-state index in [1.54, 1.807) is 6.07 Å². The first-order chi connectivity index (χ1) is 8.63. The van der Waals surface area contributed by atoms with Crippen LogP contribution in [-0.4, -0.2) is 0 Å². The number of benzene rings is 2. The maximum absolute atomic E-state index is 13.9. The molecule has 0 aliphatic rings. The summed E-state index contributed by atoms with van der Waals surface area (Å²) >= 11 is 3.05. The van der Waals surface area contributed by atoms with Crippen LogP contribution in [0.3, 0.4) is 0 Å². The molecular weight excluding hydrogens is 297 g/mol. The molecule has 2 aromatic rings. The van der Waals surface area contributed by atoms with Crippen LogP contribution in [0.15, 0.2) is 40.9 Å². The van der Waals surface area contributed by atoms with Gasteiger partial charge < -0.3 is 4.74 Å². The van der Waals surface area contributed by atoms with Gasteiger partial charge in [-0.15, -0.1) is 0 Å². The first-order valence-electron chi connectivity index (χ1n) is 5.25. The lowest BCUT2D eigenvalue weighted by atomic mass is 10.2. The summed E-state index contributed by atoms with van der Waals surface area (Å²) < 4.78 is 19.6. The molecule has 2 nitrogen and oxygen atoms in total. The van der Waals surface area contributed by atoms with E-state index in [1.165, 1.54) is 12.1 Å². The molecule has 0 unspecified atom stereocenters. The Hall–Kier alpha value is -1.86. The van der Waals surface area contributed by atoms with Crippen molar-refractivity contribution < 1.29 is 9.13 Å². The molecule has 0 amide bonds. The first-order valence-corrected chi connectivity index (χ1v) is 6.04. The average molecular weight is 306 g/mol. The van der Waals surface area contributed by atoms with E-state index in [0.717, 1.165) is 5.56 Å². The molecule has 0 heterocycles. The van der Waals surface area contributed by atoms with Crippen molar-refractivity contribution in [2.24, 2.45) is 0 Å². The highest BCUT2D eigenvalue weighted by atomic mass is 79.9. The second kappa shape index (κ2) is 5.19. The Morgan fingerprint density at radius 2 is 1.89 bits per heavy atom.